The number of hydrogen-bond acceptors (Lipinski definition) is 3. The molecule has 0 bridgehead atoms. The molecule has 0 radical (unpaired) electrons. The van der Waals surface area contributed by atoms with Gasteiger partial charge in [0.05, 0.1) is 7.11 Å². The summed E-state index contributed by atoms with van der Waals surface area (Å²) in [4.78, 5) is 12.5. The molecule has 0 aliphatic rings. The van der Waals surface area contributed by atoms with E-state index in [4.69, 9.17) is 9.47 Å². The highest BCUT2D eigenvalue weighted by Gasteiger charge is 2.30. The summed E-state index contributed by atoms with van der Waals surface area (Å²) in [6, 6.07) is 7.27. The van der Waals surface area contributed by atoms with Crippen molar-refractivity contribution in [1.82, 2.24) is 5.32 Å². The van der Waals surface area contributed by atoms with Gasteiger partial charge in [0.1, 0.15) is 11.5 Å². The molecule has 1 aromatic carbocycles. The van der Waals surface area contributed by atoms with Crippen molar-refractivity contribution in [2.75, 3.05) is 7.11 Å². The second-order valence-electron chi connectivity index (χ2n) is 7.80. The molecule has 0 aromatic heterocycles. The molecule has 1 unspecified atom stereocenters. The van der Waals surface area contributed by atoms with Crippen molar-refractivity contribution in [3.8, 4) is 11.5 Å². The third-order valence-corrected chi connectivity index (χ3v) is 3.43. The minimum absolute atomic E-state index is 0.0717. The predicted molar refractivity (Wildman–Crippen MR) is 94.0 cm³/mol. The Morgan fingerprint density at radius 2 is 1.61 bits per heavy atom. The summed E-state index contributed by atoms with van der Waals surface area (Å²) in [5, 5.41) is 3.12. The summed E-state index contributed by atoms with van der Waals surface area (Å²) in [7, 11) is 1.62. The zero-order chi connectivity index (χ0) is 17.7. The van der Waals surface area contributed by atoms with Gasteiger partial charge in [-0.25, -0.2) is 0 Å². The van der Waals surface area contributed by atoms with E-state index in [-0.39, 0.29) is 16.9 Å². The molecule has 23 heavy (non-hydrogen) atoms. The van der Waals surface area contributed by atoms with Gasteiger partial charge in [0, 0.05) is 5.54 Å². The van der Waals surface area contributed by atoms with E-state index in [1.165, 1.54) is 0 Å². The average Bonchev–Trinajstić information content (AvgIpc) is 2.42. The molecule has 1 N–H and O–H groups in total. The molecule has 1 atom stereocenters. The molecule has 130 valence electrons. The summed E-state index contributed by atoms with van der Waals surface area (Å²) >= 11 is 0. The Kier molecular flexibility index (Phi) is 6.48. The van der Waals surface area contributed by atoms with Crippen LogP contribution in [0.4, 0.5) is 0 Å². The summed E-state index contributed by atoms with van der Waals surface area (Å²) < 4.78 is 11.0. The van der Waals surface area contributed by atoms with E-state index in [1.807, 2.05) is 31.2 Å². The topological polar surface area (TPSA) is 47.6 Å². The molecule has 1 amide bonds. The maximum absolute atomic E-state index is 12.5. The van der Waals surface area contributed by atoms with Gasteiger partial charge in [-0.05, 0) is 56.4 Å². The number of rotatable bonds is 7. The third kappa shape index (κ3) is 6.93. The molecule has 0 heterocycles. The van der Waals surface area contributed by atoms with Crippen LogP contribution in [-0.4, -0.2) is 24.7 Å². The van der Waals surface area contributed by atoms with E-state index in [9.17, 15) is 4.79 Å². The average molecular weight is 321 g/mol. The summed E-state index contributed by atoms with van der Waals surface area (Å²) in [5.41, 5.74) is -0.124. The lowest BCUT2D eigenvalue weighted by molar-refractivity contribution is -0.130. The fourth-order valence-electron chi connectivity index (χ4n) is 2.92. The second kappa shape index (κ2) is 7.71. The van der Waals surface area contributed by atoms with Crippen LogP contribution in [0.25, 0.3) is 0 Å². The summed E-state index contributed by atoms with van der Waals surface area (Å²) in [5.74, 6) is 1.36. The van der Waals surface area contributed by atoms with Crippen molar-refractivity contribution in [2.24, 2.45) is 5.41 Å². The van der Waals surface area contributed by atoms with Crippen molar-refractivity contribution in [3.63, 3.8) is 0 Å². The highest BCUT2D eigenvalue weighted by Crippen LogP contribution is 2.27. The SMILES string of the molecule is CCC(Oc1ccc(OC)cc1)C(=O)NC(C)(C)CC(C)(C)C. The zero-order valence-electron chi connectivity index (χ0n) is 15.5. The fraction of sp³-hybridized carbons (Fsp3) is 0.632. The highest BCUT2D eigenvalue weighted by atomic mass is 16.5. The zero-order valence-corrected chi connectivity index (χ0v) is 15.5. The van der Waals surface area contributed by atoms with Crippen LogP contribution in [0.2, 0.25) is 0 Å². The summed E-state index contributed by atoms with van der Waals surface area (Å²) in [6.45, 7) is 12.6. The maximum atomic E-state index is 12.5. The Labute approximate surface area is 140 Å². The monoisotopic (exact) mass is 321 g/mol. The van der Waals surface area contributed by atoms with E-state index < -0.39 is 6.10 Å². The number of methoxy groups -OCH3 is 1. The number of ether oxygens (including phenoxy) is 2. The molecule has 0 aliphatic heterocycles. The Bertz CT molecular complexity index is 500. The number of nitrogens with one attached hydrogen (secondary N) is 1. The molecule has 1 rings (SSSR count). The highest BCUT2D eigenvalue weighted by molar-refractivity contribution is 5.81. The second-order valence-corrected chi connectivity index (χ2v) is 7.80. The van der Waals surface area contributed by atoms with Crippen LogP contribution in [0, 0.1) is 5.41 Å². The van der Waals surface area contributed by atoms with E-state index in [0.717, 1.165) is 12.2 Å². The molecule has 0 spiro atoms. The summed E-state index contributed by atoms with van der Waals surface area (Å²) in [6.07, 6.45) is 1.01. The number of hydrogen-bond donors (Lipinski definition) is 1. The lowest BCUT2D eigenvalue weighted by Gasteiger charge is -2.34. The van der Waals surface area contributed by atoms with Crippen LogP contribution in [0.5, 0.6) is 11.5 Å². The standard InChI is InChI=1S/C19H31NO3/c1-8-16(23-15-11-9-14(22-7)10-12-15)17(21)20-19(5,6)13-18(2,3)4/h9-12,16H,8,13H2,1-7H3,(H,20,21). The van der Waals surface area contributed by atoms with E-state index in [2.05, 4.69) is 39.9 Å². The lowest BCUT2D eigenvalue weighted by atomic mass is 9.81. The number of benzene rings is 1. The van der Waals surface area contributed by atoms with Gasteiger partial charge in [-0.3, -0.25) is 4.79 Å². The van der Waals surface area contributed by atoms with Crippen molar-refractivity contribution in [3.05, 3.63) is 24.3 Å². The number of carbonyl (C=O) groups is 1. The van der Waals surface area contributed by atoms with Crippen LogP contribution in [0.3, 0.4) is 0 Å². The maximum Gasteiger partial charge on any atom is 0.261 e. The van der Waals surface area contributed by atoms with Crippen molar-refractivity contribution < 1.29 is 14.3 Å². The molecule has 0 aliphatic carbocycles. The van der Waals surface area contributed by atoms with Gasteiger partial charge in [0.2, 0.25) is 0 Å². The van der Waals surface area contributed by atoms with Gasteiger partial charge in [-0.15, -0.1) is 0 Å². The van der Waals surface area contributed by atoms with Gasteiger partial charge in [-0.1, -0.05) is 27.7 Å². The first-order chi connectivity index (χ1) is 10.6. The molecule has 1 aromatic rings. The first-order valence-corrected chi connectivity index (χ1v) is 8.19. The smallest absolute Gasteiger partial charge is 0.261 e. The van der Waals surface area contributed by atoms with Crippen molar-refractivity contribution in [2.45, 2.75) is 66.0 Å². The Morgan fingerprint density at radius 3 is 2.04 bits per heavy atom. The van der Waals surface area contributed by atoms with Crippen LogP contribution in [-0.2, 0) is 4.79 Å². The minimum Gasteiger partial charge on any atom is -0.497 e. The van der Waals surface area contributed by atoms with Gasteiger partial charge in [0.15, 0.2) is 6.10 Å². The van der Waals surface area contributed by atoms with Gasteiger partial charge in [0.25, 0.3) is 5.91 Å². The number of carbonyl (C=O) groups excluding carboxylic acids is 1. The van der Waals surface area contributed by atoms with Crippen LogP contribution in [0.1, 0.15) is 54.4 Å². The molecule has 0 saturated carbocycles. The normalized spacial score (nSPS) is 13.3. The van der Waals surface area contributed by atoms with E-state index in [1.54, 1.807) is 7.11 Å². The first-order valence-electron chi connectivity index (χ1n) is 8.19. The van der Waals surface area contributed by atoms with Crippen LogP contribution in [0.15, 0.2) is 24.3 Å². The third-order valence-electron chi connectivity index (χ3n) is 3.43. The predicted octanol–water partition coefficient (Wildman–Crippen LogP) is 4.18. The Balaban J connectivity index is 2.70. The molecule has 4 heteroatoms. The Hall–Kier alpha value is -1.71. The van der Waals surface area contributed by atoms with E-state index in [0.29, 0.717) is 12.2 Å². The van der Waals surface area contributed by atoms with Gasteiger partial charge >= 0.3 is 0 Å². The Morgan fingerprint density at radius 1 is 1.09 bits per heavy atom. The quantitative estimate of drug-likeness (QED) is 0.819. The van der Waals surface area contributed by atoms with Gasteiger partial charge in [-0.2, -0.15) is 0 Å². The fourth-order valence-corrected chi connectivity index (χ4v) is 2.92. The minimum atomic E-state index is -0.498. The number of amides is 1. The lowest BCUT2D eigenvalue weighted by Crippen LogP contribution is -2.50. The van der Waals surface area contributed by atoms with Crippen molar-refractivity contribution in [1.29, 1.82) is 0 Å². The molecule has 4 nitrogen and oxygen atoms in total. The van der Waals surface area contributed by atoms with E-state index >= 15 is 0 Å². The first kappa shape index (κ1) is 19.3. The molecular weight excluding hydrogens is 290 g/mol. The van der Waals surface area contributed by atoms with Crippen LogP contribution >= 0.6 is 0 Å². The van der Waals surface area contributed by atoms with Crippen molar-refractivity contribution >= 4 is 5.91 Å². The molecule has 0 fully saturated rings. The van der Waals surface area contributed by atoms with Crippen LogP contribution < -0.4 is 14.8 Å². The molecule has 0 saturated heterocycles. The largest absolute Gasteiger partial charge is 0.497 e. The molecular formula is C19H31NO3. The van der Waals surface area contributed by atoms with Gasteiger partial charge < -0.3 is 14.8 Å².